The highest BCUT2D eigenvalue weighted by molar-refractivity contribution is 5.83. The van der Waals surface area contributed by atoms with Gasteiger partial charge in [-0.2, -0.15) is 0 Å². The van der Waals surface area contributed by atoms with E-state index in [0.29, 0.717) is 0 Å². The molecule has 1 aliphatic carbocycles. The lowest BCUT2D eigenvalue weighted by atomic mass is 9.59. The summed E-state index contributed by atoms with van der Waals surface area (Å²) in [6.07, 6.45) is -3.97. The van der Waals surface area contributed by atoms with Crippen LogP contribution in [-0.4, -0.2) is 92.5 Å². The summed E-state index contributed by atoms with van der Waals surface area (Å²) in [7, 11) is 0. The number of hydrogen-bond donors (Lipinski definition) is 5. The monoisotopic (exact) mass is 402 g/mol. The standard InChI is InChI=1S/C19H30O9/c1-10(27-16-15(24)14(23)13(22)12(8-20)28-16)4-5-19(25)17(2)6-11(21)7-18(19,3)26-9-17/h4-5,10,12-16,20,22-25H,6-9H2,1-3H3/b5-4+/t10-,12-,13-,14+,15-,16-,17-,18+,19-/m1/s1. The van der Waals surface area contributed by atoms with E-state index < -0.39 is 60.0 Å². The van der Waals surface area contributed by atoms with Gasteiger partial charge in [0.05, 0.1) is 19.3 Å². The van der Waals surface area contributed by atoms with Crippen LogP contribution in [0.5, 0.6) is 0 Å². The third-order valence-electron chi connectivity index (χ3n) is 6.36. The van der Waals surface area contributed by atoms with Crippen molar-refractivity contribution in [3.05, 3.63) is 12.2 Å². The van der Waals surface area contributed by atoms with Gasteiger partial charge in [0.1, 0.15) is 41.4 Å². The van der Waals surface area contributed by atoms with Gasteiger partial charge in [0.25, 0.3) is 0 Å². The number of Topliss-reactive ketones (excluding diaryl/α,β-unsaturated/α-hetero) is 1. The molecule has 28 heavy (non-hydrogen) atoms. The van der Waals surface area contributed by atoms with Gasteiger partial charge in [-0.3, -0.25) is 4.79 Å². The van der Waals surface area contributed by atoms with E-state index in [4.69, 9.17) is 14.2 Å². The predicted octanol–water partition coefficient (Wildman–Crippen LogP) is -1.36. The summed E-state index contributed by atoms with van der Waals surface area (Å²) in [5, 5.41) is 50.4. The maximum Gasteiger partial charge on any atom is 0.187 e. The van der Waals surface area contributed by atoms with E-state index in [1.165, 1.54) is 0 Å². The molecule has 2 bridgehead atoms. The molecule has 3 aliphatic rings. The fourth-order valence-electron chi connectivity index (χ4n) is 4.51. The van der Waals surface area contributed by atoms with Crippen LogP contribution >= 0.6 is 0 Å². The van der Waals surface area contributed by atoms with Crippen LogP contribution < -0.4 is 0 Å². The van der Waals surface area contributed by atoms with Gasteiger partial charge in [0, 0.05) is 18.3 Å². The molecular formula is C19H30O9. The van der Waals surface area contributed by atoms with Crippen molar-refractivity contribution in [2.45, 2.75) is 81.6 Å². The number of carbonyl (C=O) groups excluding carboxylic acids is 1. The average Bonchev–Trinajstić information content (AvgIpc) is 2.73. The van der Waals surface area contributed by atoms with Crippen LogP contribution in [0.1, 0.15) is 33.6 Å². The van der Waals surface area contributed by atoms with Gasteiger partial charge >= 0.3 is 0 Å². The molecular weight excluding hydrogens is 372 g/mol. The van der Waals surface area contributed by atoms with E-state index in [0.717, 1.165) is 0 Å². The van der Waals surface area contributed by atoms with E-state index in [2.05, 4.69) is 0 Å². The first-order chi connectivity index (χ1) is 13.0. The molecule has 0 spiro atoms. The summed E-state index contributed by atoms with van der Waals surface area (Å²) in [6, 6.07) is 0. The number of aliphatic hydroxyl groups excluding tert-OH is 4. The highest BCUT2D eigenvalue weighted by Crippen LogP contribution is 2.56. The van der Waals surface area contributed by atoms with Crippen LogP contribution in [0.25, 0.3) is 0 Å². The Morgan fingerprint density at radius 3 is 2.50 bits per heavy atom. The summed E-state index contributed by atoms with van der Waals surface area (Å²) in [5.74, 6) is 0.0474. The zero-order valence-electron chi connectivity index (χ0n) is 16.3. The minimum absolute atomic E-state index is 0.0474. The summed E-state index contributed by atoms with van der Waals surface area (Å²) >= 11 is 0. The van der Waals surface area contributed by atoms with E-state index >= 15 is 0 Å². The van der Waals surface area contributed by atoms with Crippen LogP contribution in [0.15, 0.2) is 12.2 Å². The molecule has 2 heterocycles. The van der Waals surface area contributed by atoms with Gasteiger partial charge in [0.15, 0.2) is 6.29 Å². The molecule has 3 rings (SSSR count). The van der Waals surface area contributed by atoms with Crippen molar-refractivity contribution in [2.75, 3.05) is 13.2 Å². The van der Waals surface area contributed by atoms with Crippen molar-refractivity contribution < 1.29 is 44.5 Å². The van der Waals surface area contributed by atoms with Crippen LogP contribution in [0, 0.1) is 5.41 Å². The second kappa shape index (κ2) is 7.41. The molecule has 9 atom stereocenters. The second-order valence-electron chi connectivity index (χ2n) is 8.64. The lowest BCUT2D eigenvalue weighted by molar-refractivity contribution is -0.306. The Morgan fingerprint density at radius 2 is 1.89 bits per heavy atom. The Bertz CT molecular complexity index is 613. The zero-order valence-corrected chi connectivity index (χ0v) is 16.3. The van der Waals surface area contributed by atoms with Crippen molar-refractivity contribution in [3.63, 3.8) is 0 Å². The normalized spacial score (nSPS) is 50.3. The van der Waals surface area contributed by atoms with E-state index in [9.17, 15) is 30.3 Å². The maximum absolute atomic E-state index is 12.0. The Kier molecular flexibility index (Phi) is 5.76. The number of hydrogen-bond acceptors (Lipinski definition) is 9. The molecule has 3 fully saturated rings. The lowest BCUT2D eigenvalue weighted by Crippen LogP contribution is -2.60. The number of ketones is 1. The minimum atomic E-state index is -1.53. The van der Waals surface area contributed by atoms with Gasteiger partial charge in [-0.15, -0.1) is 0 Å². The highest BCUT2D eigenvalue weighted by atomic mass is 16.7. The third-order valence-corrected chi connectivity index (χ3v) is 6.36. The zero-order chi connectivity index (χ0) is 20.9. The quantitative estimate of drug-likeness (QED) is 0.352. The number of carbonyl (C=O) groups is 1. The lowest BCUT2D eigenvalue weighted by Gasteiger charge is -2.47. The topological polar surface area (TPSA) is 146 Å². The summed E-state index contributed by atoms with van der Waals surface area (Å²) in [4.78, 5) is 12.0. The van der Waals surface area contributed by atoms with E-state index in [1.807, 2.05) is 6.92 Å². The predicted molar refractivity (Wildman–Crippen MR) is 95.1 cm³/mol. The molecule has 0 aromatic carbocycles. The minimum Gasteiger partial charge on any atom is -0.394 e. The van der Waals surface area contributed by atoms with Crippen molar-refractivity contribution in [2.24, 2.45) is 5.41 Å². The Labute approximate surface area is 163 Å². The molecule has 0 amide bonds. The molecule has 9 nitrogen and oxygen atoms in total. The van der Waals surface area contributed by atoms with Crippen molar-refractivity contribution in [3.8, 4) is 0 Å². The van der Waals surface area contributed by atoms with Gasteiger partial charge in [0.2, 0.25) is 0 Å². The van der Waals surface area contributed by atoms with E-state index in [-0.39, 0.29) is 25.2 Å². The molecule has 160 valence electrons. The van der Waals surface area contributed by atoms with Crippen molar-refractivity contribution in [1.82, 2.24) is 0 Å². The Hall–Kier alpha value is -0.910. The highest BCUT2D eigenvalue weighted by Gasteiger charge is 2.67. The number of rotatable bonds is 5. The third kappa shape index (κ3) is 3.33. The number of aliphatic hydroxyl groups is 5. The van der Waals surface area contributed by atoms with Crippen LogP contribution in [0.2, 0.25) is 0 Å². The van der Waals surface area contributed by atoms with Crippen LogP contribution in [0.4, 0.5) is 0 Å². The Morgan fingerprint density at radius 1 is 1.21 bits per heavy atom. The van der Waals surface area contributed by atoms with Crippen LogP contribution in [-0.2, 0) is 19.0 Å². The molecule has 9 heteroatoms. The van der Waals surface area contributed by atoms with E-state index in [1.54, 1.807) is 26.0 Å². The number of fused-ring (bicyclic) bond motifs is 2. The molecule has 0 radical (unpaired) electrons. The SMILES string of the molecule is C[C@H](/C=C/[C@@]1(O)[C@@]2(C)CO[C@@]1(C)CC(=O)C2)O[C@@H]1O[C@H](CO)[C@@H](O)[C@H](O)[C@H]1O. The molecule has 5 N–H and O–H groups in total. The molecule has 0 unspecified atom stereocenters. The summed E-state index contributed by atoms with van der Waals surface area (Å²) < 4.78 is 16.7. The van der Waals surface area contributed by atoms with Gasteiger partial charge < -0.3 is 39.7 Å². The second-order valence-corrected chi connectivity index (χ2v) is 8.64. The molecule has 0 aromatic heterocycles. The summed E-state index contributed by atoms with van der Waals surface area (Å²) in [6.45, 7) is 4.89. The summed E-state index contributed by atoms with van der Waals surface area (Å²) in [5.41, 5.74) is -3.16. The fourth-order valence-corrected chi connectivity index (χ4v) is 4.51. The van der Waals surface area contributed by atoms with Crippen molar-refractivity contribution >= 4 is 5.78 Å². The van der Waals surface area contributed by atoms with Gasteiger partial charge in [-0.05, 0) is 13.8 Å². The molecule has 1 saturated carbocycles. The first-order valence-corrected chi connectivity index (χ1v) is 9.50. The van der Waals surface area contributed by atoms with Crippen molar-refractivity contribution in [1.29, 1.82) is 0 Å². The molecule has 0 aromatic rings. The Balaban J connectivity index is 1.72. The number of ether oxygens (including phenoxy) is 3. The maximum atomic E-state index is 12.0. The fraction of sp³-hybridized carbons (Fsp3) is 0.842. The molecule has 2 aliphatic heterocycles. The first kappa shape index (κ1) is 21.8. The average molecular weight is 402 g/mol. The van der Waals surface area contributed by atoms with Gasteiger partial charge in [-0.1, -0.05) is 19.1 Å². The first-order valence-electron chi connectivity index (χ1n) is 9.50. The van der Waals surface area contributed by atoms with Crippen LogP contribution in [0.3, 0.4) is 0 Å². The molecule has 2 saturated heterocycles. The van der Waals surface area contributed by atoms with Gasteiger partial charge in [-0.25, -0.2) is 0 Å². The largest absolute Gasteiger partial charge is 0.394 e. The smallest absolute Gasteiger partial charge is 0.187 e.